The van der Waals surface area contributed by atoms with E-state index in [1.807, 2.05) is 66.7 Å². The third-order valence-corrected chi connectivity index (χ3v) is 7.50. The molecule has 0 radical (unpaired) electrons. The number of fused-ring (bicyclic) bond motifs is 1. The molecule has 2 N–H and O–H groups in total. The van der Waals surface area contributed by atoms with Crippen LogP contribution in [0.4, 0.5) is 0 Å². The highest BCUT2D eigenvalue weighted by Gasteiger charge is 2.39. The van der Waals surface area contributed by atoms with Gasteiger partial charge in [0.1, 0.15) is 5.25 Å². The molecule has 2 amide bonds. The van der Waals surface area contributed by atoms with Crippen molar-refractivity contribution in [2.75, 3.05) is 6.54 Å². The van der Waals surface area contributed by atoms with E-state index in [0.29, 0.717) is 30.1 Å². The van der Waals surface area contributed by atoms with Gasteiger partial charge in [-0.2, -0.15) is 0 Å². The van der Waals surface area contributed by atoms with Crippen LogP contribution >= 0.6 is 11.8 Å². The second-order valence-electron chi connectivity index (χ2n) is 8.92. The Bertz CT molecular complexity index is 1520. The number of nitrogens with zero attached hydrogens (tertiary/aromatic N) is 3. The summed E-state index contributed by atoms with van der Waals surface area (Å²) in [6.45, 7) is 1.11. The van der Waals surface area contributed by atoms with Gasteiger partial charge in [0.2, 0.25) is 11.8 Å². The van der Waals surface area contributed by atoms with Crippen LogP contribution in [0.25, 0.3) is 10.8 Å². The molecule has 1 atom stereocenters. The number of carbonyl (C=O) groups excluding carboxylic acids is 2. The summed E-state index contributed by atoms with van der Waals surface area (Å²) in [5.41, 5.74) is 2.54. The highest BCUT2D eigenvalue weighted by Crippen LogP contribution is 2.32. The van der Waals surface area contributed by atoms with Crippen molar-refractivity contribution in [3.63, 3.8) is 0 Å². The van der Waals surface area contributed by atoms with Crippen molar-refractivity contribution in [2.45, 2.75) is 31.2 Å². The predicted molar refractivity (Wildman–Crippen MR) is 150 cm³/mol. The normalized spacial score (nSPS) is 16.3. The molecule has 1 aliphatic rings. The van der Waals surface area contributed by atoms with Gasteiger partial charge in [-0.1, -0.05) is 66.4 Å². The molecule has 0 saturated carbocycles. The third-order valence-electron chi connectivity index (χ3n) is 6.29. The Balaban J connectivity index is 1.34. The second kappa shape index (κ2) is 11.9. The molecule has 0 aliphatic carbocycles. The van der Waals surface area contributed by atoms with Gasteiger partial charge in [0.25, 0.3) is 5.56 Å². The molecule has 1 fully saturated rings. The Morgan fingerprint density at radius 3 is 2.55 bits per heavy atom. The summed E-state index contributed by atoms with van der Waals surface area (Å²) in [6, 6.07) is 22.7. The van der Waals surface area contributed by atoms with E-state index in [0.717, 1.165) is 22.2 Å². The second-order valence-corrected chi connectivity index (χ2v) is 10.1. The Labute approximate surface area is 224 Å². The molecule has 0 spiro atoms. The molecule has 38 heavy (non-hydrogen) atoms. The van der Waals surface area contributed by atoms with Crippen LogP contribution in [0.5, 0.6) is 0 Å². The molecule has 0 bridgehead atoms. The topological polar surface area (TPSA) is 108 Å². The van der Waals surface area contributed by atoms with Crippen LogP contribution < -0.4 is 10.9 Å². The Kier molecular flexibility index (Phi) is 7.94. The van der Waals surface area contributed by atoms with Crippen LogP contribution in [0.1, 0.15) is 23.2 Å². The SMILES string of the molecule is O=C(CC1SC(=NCCc2ccccn2)N(Cc2c[nH]c(=O)c3ccccc23)C1=O)NCc1ccccc1. The number of benzene rings is 2. The fourth-order valence-electron chi connectivity index (χ4n) is 4.33. The van der Waals surface area contributed by atoms with Crippen molar-refractivity contribution in [3.8, 4) is 0 Å². The number of aliphatic imine (C=N–C) groups is 1. The number of rotatable bonds is 9. The molecular weight excluding hydrogens is 498 g/mol. The van der Waals surface area contributed by atoms with Gasteiger partial charge in [-0.3, -0.25) is 29.3 Å². The Hall–Kier alpha value is -4.24. The predicted octanol–water partition coefficient (Wildman–Crippen LogP) is 3.67. The van der Waals surface area contributed by atoms with E-state index in [4.69, 9.17) is 4.99 Å². The average Bonchev–Trinajstić information content (AvgIpc) is 3.23. The van der Waals surface area contributed by atoms with Crippen molar-refractivity contribution in [2.24, 2.45) is 4.99 Å². The number of amides is 2. The quantitative estimate of drug-likeness (QED) is 0.347. The van der Waals surface area contributed by atoms with Crippen LogP contribution in [0, 0.1) is 0 Å². The maximum atomic E-state index is 13.5. The first-order valence-corrected chi connectivity index (χ1v) is 13.3. The summed E-state index contributed by atoms with van der Waals surface area (Å²) in [5.74, 6) is -0.361. The van der Waals surface area contributed by atoms with Gasteiger partial charge in [-0.05, 0) is 34.7 Å². The lowest BCUT2D eigenvalue weighted by Crippen LogP contribution is -2.34. The van der Waals surface area contributed by atoms with E-state index in [2.05, 4.69) is 15.3 Å². The molecule has 1 aliphatic heterocycles. The zero-order valence-corrected chi connectivity index (χ0v) is 21.5. The number of carbonyl (C=O) groups is 2. The summed E-state index contributed by atoms with van der Waals surface area (Å²) in [7, 11) is 0. The molecule has 192 valence electrons. The average molecular weight is 526 g/mol. The lowest BCUT2D eigenvalue weighted by atomic mass is 10.1. The Morgan fingerprint density at radius 2 is 1.76 bits per heavy atom. The summed E-state index contributed by atoms with van der Waals surface area (Å²) in [4.78, 5) is 52.0. The van der Waals surface area contributed by atoms with Crippen LogP contribution in [0.2, 0.25) is 0 Å². The molecular formula is C29H27N5O3S. The van der Waals surface area contributed by atoms with Gasteiger partial charge in [-0.15, -0.1) is 0 Å². The fourth-order valence-corrected chi connectivity index (χ4v) is 5.49. The van der Waals surface area contributed by atoms with Gasteiger partial charge in [0, 0.05) is 49.4 Å². The first-order valence-electron chi connectivity index (χ1n) is 12.4. The number of hydrogen-bond donors (Lipinski definition) is 2. The number of hydrogen-bond acceptors (Lipinski definition) is 6. The molecule has 5 rings (SSSR count). The number of thioether (sulfide) groups is 1. The van der Waals surface area contributed by atoms with E-state index in [9.17, 15) is 14.4 Å². The largest absolute Gasteiger partial charge is 0.352 e. The van der Waals surface area contributed by atoms with Crippen LogP contribution in [-0.4, -0.2) is 43.6 Å². The molecule has 1 unspecified atom stereocenters. The van der Waals surface area contributed by atoms with Crippen LogP contribution in [-0.2, 0) is 29.1 Å². The van der Waals surface area contributed by atoms with E-state index >= 15 is 0 Å². The molecule has 1 saturated heterocycles. The number of aromatic amines is 1. The summed E-state index contributed by atoms with van der Waals surface area (Å²) >= 11 is 1.31. The molecule has 3 heterocycles. The lowest BCUT2D eigenvalue weighted by molar-refractivity contribution is -0.129. The maximum Gasteiger partial charge on any atom is 0.255 e. The van der Waals surface area contributed by atoms with Crippen molar-refractivity contribution < 1.29 is 9.59 Å². The maximum absolute atomic E-state index is 13.5. The lowest BCUT2D eigenvalue weighted by Gasteiger charge is -2.18. The number of aromatic nitrogens is 2. The van der Waals surface area contributed by atoms with Crippen molar-refractivity contribution in [3.05, 3.63) is 112 Å². The standard InChI is InChI=1S/C29H27N5O3S/c35-26(32-17-20-8-2-1-3-9-20)16-25-28(37)34(29(38-25)31-15-13-22-10-6-7-14-30-22)19-21-18-33-27(36)24-12-5-4-11-23(21)24/h1-12,14,18,25H,13,15-17,19H2,(H,32,35)(H,33,36). The van der Waals surface area contributed by atoms with Gasteiger partial charge in [-0.25, -0.2) is 0 Å². The summed E-state index contributed by atoms with van der Waals surface area (Å²) in [5, 5.41) is 4.25. The van der Waals surface area contributed by atoms with Gasteiger partial charge >= 0.3 is 0 Å². The zero-order chi connectivity index (χ0) is 26.3. The third kappa shape index (κ3) is 6.00. The smallest absolute Gasteiger partial charge is 0.255 e. The first-order chi connectivity index (χ1) is 18.6. The number of nitrogens with one attached hydrogen (secondary N) is 2. The van der Waals surface area contributed by atoms with Crippen molar-refractivity contribution >= 4 is 39.5 Å². The van der Waals surface area contributed by atoms with Gasteiger partial charge < -0.3 is 10.3 Å². The minimum atomic E-state index is -0.576. The van der Waals surface area contributed by atoms with Crippen molar-refractivity contribution in [1.29, 1.82) is 0 Å². The molecule has 9 heteroatoms. The number of amidine groups is 1. The van der Waals surface area contributed by atoms with E-state index < -0.39 is 5.25 Å². The molecule has 2 aromatic heterocycles. The number of H-pyrrole nitrogens is 1. The molecule has 4 aromatic rings. The van der Waals surface area contributed by atoms with Crippen molar-refractivity contribution in [1.82, 2.24) is 20.2 Å². The highest BCUT2D eigenvalue weighted by molar-refractivity contribution is 8.15. The van der Waals surface area contributed by atoms with Crippen LogP contribution in [0.3, 0.4) is 0 Å². The van der Waals surface area contributed by atoms with Crippen LogP contribution in [0.15, 0.2) is 95.0 Å². The monoisotopic (exact) mass is 525 g/mol. The van der Waals surface area contributed by atoms with Gasteiger partial charge in [0.05, 0.1) is 6.54 Å². The minimum absolute atomic E-state index is 0.0540. The van der Waals surface area contributed by atoms with E-state index in [1.54, 1.807) is 23.4 Å². The number of pyridine rings is 2. The summed E-state index contributed by atoms with van der Waals surface area (Å²) < 4.78 is 0. The zero-order valence-electron chi connectivity index (χ0n) is 20.7. The molecule has 8 nitrogen and oxygen atoms in total. The summed E-state index contributed by atoms with van der Waals surface area (Å²) in [6.07, 6.45) is 4.08. The molecule has 2 aromatic carbocycles. The minimum Gasteiger partial charge on any atom is -0.352 e. The fraction of sp³-hybridized carbons (Fsp3) is 0.207. The van der Waals surface area contributed by atoms with Gasteiger partial charge in [0.15, 0.2) is 5.17 Å². The van der Waals surface area contributed by atoms with E-state index in [-0.39, 0.29) is 30.3 Å². The van der Waals surface area contributed by atoms with E-state index in [1.165, 1.54) is 11.8 Å². The Morgan fingerprint density at radius 1 is 1.00 bits per heavy atom. The first kappa shape index (κ1) is 25.4. The highest BCUT2D eigenvalue weighted by atomic mass is 32.2.